The van der Waals surface area contributed by atoms with E-state index in [-0.39, 0.29) is 0 Å². The SMILES string of the molecule is COc1cc(NCCC2CCOC2)ncn1. The van der Waals surface area contributed by atoms with Crippen molar-refractivity contribution in [2.45, 2.75) is 12.8 Å². The van der Waals surface area contributed by atoms with Crippen LogP contribution in [0, 0.1) is 5.92 Å². The molecule has 16 heavy (non-hydrogen) atoms. The number of methoxy groups -OCH3 is 1. The van der Waals surface area contributed by atoms with E-state index in [1.807, 2.05) is 0 Å². The Bertz CT molecular complexity index is 327. The Kier molecular flexibility index (Phi) is 3.93. The van der Waals surface area contributed by atoms with Gasteiger partial charge in [-0.2, -0.15) is 0 Å². The van der Waals surface area contributed by atoms with Gasteiger partial charge < -0.3 is 14.8 Å². The minimum atomic E-state index is 0.585. The van der Waals surface area contributed by atoms with Crippen molar-refractivity contribution in [3.05, 3.63) is 12.4 Å². The average Bonchev–Trinajstić information content (AvgIpc) is 2.82. The zero-order valence-corrected chi connectivity index (χ0v) is 9.48. The van der Waals surface area contributed by atoms with Crippen molar-refractivity contribution < 1.29 is 9.47 Å². The van der Waals surface area contributed by atoms with Gasteiger partial charge in [0.1, 0.15) is 12.1 Å². The van der Waals surface area contributed by atoms with Crippen LogP contribution in [0.2, 0.25) is 0 Å². The number of hydrogen-bond donors (Lipinski definition) is 1. The summed E-state index contributed by atoms with van der Waals surface area (Å²) in [5, 5.41) is 3.26. The number of nitrogens with zero attached hydrogens (tertiary/aromatic N) is 2. The molecule has 5 nitrogen and oxygen atoms in total. The molecule has 5 heteroatoms. The largest absolute Gasteiger partial charge is 0.481 e. The summed E-state index contributed by atoms with van der Waals surface area (Å²) in [5.41, 5.74) is 0. The molecule has 0 saturated carbocycles. The number of nitrogens with one attached hydrogen (secondary N) is 1. The first-order chi connectivity index (χ1) is 7.88. The van der Waals surface area contributed by atoms with E-state index in [2.05, 4.69) is 15.3 Å². The second-order valence-corrected chi connectivity index (χ2v) is 3.89. The molecule has 1 fully saturated rings. The molecular formula is C11H17N3O2. The summed E-state index contributed by atoms with van der Waals surface area (Å²) in [4.78, 5) is 8.07. The van der Waals surface area contributed by atoms with Crippen molar-refractivity contribution in [3.63, 3.8) is 0 Å². The molecule has 1 aliphatic heterocycles. The summed E-state index contributed by atoms with van der Waals surface area (Å²) >= 11 is 0. The average molecular weight is 223 g/mol. The van der Waals surface area contributed by atoms with Crippen molar-refractivity contribution in [2.24, 2.45) is 5.92 Å². The van der Waals surface area contributed by atoms with Crippen LogP contribution < -0.4 is 10.1 Å². The van der Waals surface area contributed by atoms with Crippen molar-refractivity contribution in [2.75, 3.05) is 32.2 Å². The van der Waals surface area contributed by atoms with Gasteiger partial charge in [0.15, 0.2) is 0 Å². The summed E-state index contributed by atoms with van der Waals surface area (Å²) in [7, 11) is 1.60. The van der Waals surface area contributed by atoms with Gasteiger partial charge in [0.25, 0.3) is 0 Å². The van der Waals surface area contributed by atoms with Gasteiger partial charge in [0.05, 0.1) is 7.11 Å². The second kappa shape index (κ2) is 5.65. The zero-order valence-electron chi connectivity index (χ0n) is 9.48. The molecule has 0 spiro atoms. The van der Waals surface area contributed by atoms with Crippen LogP contribution in [0.4, 0.5) is 5.82 Å². The molecule has 0 amide bonds. The van der Waals surface area contributed by atoms with Gasteiger partial charge in [0.2, 0.25) is 5.88 Å². The molecule has 1 atom stereocenters. The molecule has 88 valence electrons. The first-order valence-electron chi connectivity index (χ1n) is 5.56. The second-order valence-electron chi connectivity index (χ2n) is 3.89. The summed E-state index contributed by atoms with van der Waals surface area (Å²) < 4.78 is 10.3. The number of hydrogen-bond acceptors (Lipinski definition) is 5. The predicted octanol–water partition coefficient (Wildman–Crippen LogP) is 1.32. The molecular weight excluding hydrogens is 206 g/mol. The molecule has 1 N–H and O–H groups in total. The molecule has 1 unspecified atom stereocenters. The monoisotopic (exact) mass is 223 g/mol. The Morgan fingerprint density at radius 3 is 3.25 bits per heavy atom. The van der Waals surface area contributed by atoms with Crippen LogP contribution in [0.15, 0.2) is 12.4 Å². The maximum atomic E-state index is 5.32. The van der Waals surface area contributed by atoms with Crippen LogP contribution in [0.1, 0.15) is 12.8 Å². The molecule has 1 saturated heterocycles. The van der Waals surface area contributed by atoms with Crippen LogP contribution in [0.25, 0.3) is 0 Å². The van der Waals surface area contributed by atoms with Gasteiger partial charge in [-0.3, -0.25) is 0 Å². The molecule has 0 radical (unpaired) electrons. The molecule has 1 aliphatic rings. The van der Waals surface area contributed by atoms with Crippen molar-refractivity contribution in [3.8, 4) is 5.88 Å². The van der Waals surface area contributed by atoms with E-state index in [1.165, 1.54) is 12.7 Å². The van der Waals surface area contributed by atoms with Crippen LogP contribution >= 0.6 is 0 Å². The van der Waals surface area contributed by atoms with E-state index < -0.39 is 0 Å². The van der Waals surface area contributed by atoms with E-state index in [9.17, 15) is 0 Å². The fourth-order valence-corrected chi connectivity index (χ4v) is 1.76. The van der Waals surface area contributed by atoms with Crippen LogP contribution in [-0.4, -0.2) is 36.8 Å². The lowest BCUT2D eigenvalue weighted by Gasteiger charge is -2.09. The molecule has 0 aromatic carbocycles. The van der Waals surface area contributed by atoms with E-state index in [0.717, 1.165) is 32.0 Å². The van der Waals surface area contributed by atoms with Gasteiger partial charge in [-0.25, -0.2) is 9.97 Å². The van der Waals surface area contributed by atoms with Crippen molar-refractivity contribution in [1.82, 2.24) is 9.97 Å². The maximum Gasteiger partial charge on any atom is 0.218 e. The summed E-state index contributed by atoms with van der Waals surface area (Å²) in [6.07, 6.45) is 3.79. The van der Waals surface area contributed by atoms with Crippen molar-refractivity contribution in [1.29, 1.82) is 0 Å². The van der Waals surface area contributed by atoms with Crippen molar-refractivity contribution >= 4 is 5.82 Å². The molecule has 2 rings (SSSR count). The number of ether oxygens (including phenoxy) is 2. The topological polar surface area (TPSA) is 56.3 Å². The predicted molar refractivity (Wildman–Crippen MR) is 60.6 cm³/mol. The lowest BCUT2D eigenvalue weighted by Crippen LogP contribution is -2.10. The third-order valence-electron chi connectivity index (χ3n) is 2.73. The fourth-order valence-electron chi connectivity index (χ4n) is 1.76. The van der Waals surface area contributed by atoms with Gasteiger partial charge >= 0.3 is 0 Å². The summed E-state index contributed by atoms with van der Waals surface area (Å²) in [6, 6.07) is 1.80. The van der Waals surface area contributed by atoms with Gasteiger partial charge in [-0.15, -0.1) is 0 Å². The van der Waals surface area contributed by atoms with E-state index in [4.69, 9.17) is 9.47 Å². The highest BCUT2D eigenvalue weighted by Crippen LogP contribution is 2.16. The standard InChI is InChI=1S/C11H17N3O2/c1-15-11-6-10(13-8-14-11)12-4-2-9-3-5-16-7-9/h6,8-9H,2-5,7H2,1H3,(H,12,13,14). The van der Waals surface area contributed by atoms with E-state index in [0.29, 0.717) is 11.8 Å². The van der Waals surface area contributed by atoms with Crippen LogP contribution in [0.3, 0.4) is 0 Å². The maximum absolute atomic E-state index is 5.32. The van der Waals surface area contributed by atoms with E-state index >= 15 is 0 Å². The third kappa shape index (κ3) is 3.06. The van der Waals surface area contributed by atoms with Gasteiger partial charge in [0, 0.05) is 25.8 Å². The Morgan fingerprint density at radius 1 is 1.56 bits per heavy atom. The zero-order chi connectivity index (χ0) is 11.2. The highest BCUT2D eigenvalue weighted by molar-refractivity contribution is 5.36. The quantitative estimate of drug-likeness (QED) is 0.816. The third-order valence-corrected chi connectivity index (χ3v) is 2.73. The first kappa shape index (κ1) is 11.1. The first-order valence-corrected chi connectivity index (χ1v) is 5.56. The minimum Gasteiger partial charge on any atom is -0.481 e. The van der Waals surface area contributed by atoms with Gasteiger partial charge in [-0.1, -0.05) is 0 Å². The summed E-state index contributed by atoms with van der Waals surface area (Å²) in [6.45, 7) is 2.72. The molecule has 1 aromatic rings. The molecule has 1 aromatic heterocycles. The molecule has 0 bridgehead atoms. The Hall–Kier alpha value is -1.36. The number of aromatic nitrogens is 2. The smallest absolute Gasteiger partial charge is 0.218 e. The van der Waals surface area contributed by atoms with Crippen LogP contribution in [0.5, 0.6) is 5.88 Å². The summed E-state index contributed by atoms with van der Waals surface area (Å²) in [5.74, 6) is 2.09. The highest BCUT2D eigenvalue weighted by atomic mass is 16.5. The fraction of sp³-hybridized carbons (Fsp3) is 0.636. The van der Waals surface area contributed by atoms with Gasteiger partial charge in [-0.05, 0) is 18.8 Å². The number of anilines is 1. The Balaban J connectivity index is 1.75. The van der Waals surface area contributed by atoms with E-state index in [1.54, 1.807) is 13.2 Å². The van der Waals surface area contributed by atoms with Crippen LogP contribution in [-0.2, 0) is 4.74 Å². The Labute approximate surface area is 95.2 Å². The Morgan fingerprint density at radius 2 is 2.50 bits per heavy atom. The minimum absolute atomic E-state index is 0.585. The number of rotatable bonds is 5. The normalized spacial score (nSPS) is 19.7. The lowest BCUT2D eigenvalue weighted by molar-refractivity contribution is 0.185. The molecule has 0 aliphatic carbocycles. The lowest BCUT2D eigenvalue weighted by atomic mass is 10.1. The molecule has 2 heterocycles. The highest BCUT2D eigenvalue weighted by Gasteiger charge is 2.14.